The number of sulfonamides is 1. The van der Waals surface area contributed by atoms with Gasteiger partial charge in [0.05, 0.1) is 5.69 Å². The zero-order valence-electron chi connectivity index (χ0n) is 8.42. The molecular weight excluding hydrogens is 265 g/mol. The fraction of sp³-hybridized carbons (Fsp3) is 0. The van der Waals surface area contributed by atoms with Crippen LogP contribution in [0.1, 0.15) is 0 Å². The summed E-state index contributed by atoms with van der Waals surface area (Å²) in [7, 11) is -3.77. The number of thiophene rings is 1. The van der Waals surface area contributed by atoms with E-state index >= 15 is 0 Å². The molecular formula is C10H8FNO3S2. The third-order valence-electron chi connectivity index (χ3n) is 1.96. The van der Waals surface area contributed by atoms with Crippen molar-refractivity contribution in [1.29, 1.82) is 0 Å². The van der Waals surface area contributed by atoms with Crippen LogP contribution in [0, 0.1) is 5.82 Å². The Bertz CT molecular complexity index is 623. The van der Waals surface area contributed by atoms with Crippen molar-refractivity contribution in [3.05, 3.63) is 41.5 Å². The Morgan fingerprint density at radius 1 is 1.29 bits per heavy atom. The van der Waals surface area contributed by atoms with Gasteiger partial charge in [-0.1, -0.05) is 6.07 Å². The van der Waals surface area contributed by atoms with Gasteiger partial charge in [-0.2, -0.15) is 0 Å². The molecule has 0 aliphatic rings. The van der Waals surface area contributed by atoms with Crippen molar-refractivity contribution >= 4 is 27.0 Å². The van der Waals surface area contributed by atoms with Gasteiger partial charge in [-0.15, -0.1) is 11.3 Å². The van der Waals surface area contributed by atoms with Crippen molar-refractivity contribution < 1.29 is 17.9 Å². The van der Waals surface area contributed by atoms with Crippen molar-refractivity contribution in [3.63, 3.8) is 0 Å². The topological polar surface area (TPSA) is 66.4 Å². The number of aromatic hydroxyl groups is 1. The molecule has 7 heteroatoms. The lowest BCUT2D eigenvalue weighted by Crippen LogP contribution is -2.11. The number of phenolic OH excluding ortho intramolecular Hbond substituents is 1. The number of phenols is 1. The second-order valence-corrected chi connectivity index (χ2v) is 6.06. The highest BCUT2D eigenvalue weighted by Gasteiger charge is 2.17. The van der Waals surface area contributed by atoms with E-state index in [0.717, 1.165) is 29.5 Å². The first kappa shape index (κ1) is 11.9. The highest BCUT2D eigenvalue weighted by molar-refractivity contribution is 7.94. The third kappa shape index (κ3) is 2.56. The van der Waals surface area contributed by atoms with Gasteiger partial charge in [0, 0.05) is 6.07 Å². The molecule has 0 saturated heterocycles. The first-order valence-electron chi connectivity index (χ1n) is 4.54. The van der Waals surface area contributed by atoms with E-state index in [-0.39, 0.29) is 15.6 Å². The van der Waals surface area contributed by atoms with Crippen molar-refractivity contribution in [2.45, 2.75) is 4.21 Å². The lowest BCUT2D eigenvalue weighted by molar-refractivity contribution is 0.475. The first-order valence-corrected chi connectivity index (χ1v) is 6.90. The molecule has 0 spiro atoms. The van der Waals surface area contributed by atoms with Gasteiger partial charge in [-0.3, -0.25) is 4.72 Å². The molecule has 0 unspecified atom stereocenters. The molecule has 1 aromatic carbocycles. The number of hydrogen-bond acceptors (Lipinski definition) is 4. The Morgan fingerprint density at radius 2 is 2.06 bits per heavy atom. The molecule has 0 saturated carbocycles. The summed E-state index contributed by atoms with van der Waals surface area (Å²) in [6.07, 6.45) is 0. The number of hydrogen-bond donors (Lipinski definition) is 2. The van der Waals surface area contributed by atoms with Crippen LogP contribution in [0.3, 0.4) is 0 Å². The molecule has 17 heavy (non-hydrogen) atoms. The molecule has 0 bridgehead atoms. The van der Waals surface area contributed by atoms with Crippen LogP contribution >= 0.6 is 11.3 Å². The lowest BCUT2D eigenvalue weighted by atomic mass is 10.3. The van der Waals surface area contributed by atoms with Crippen LogP contribution in [-0.4, -0.2) is 13.5 Å². The molecule has 2 aromatic rings. The normalized spacial score (nSPS) is 11.4. The fourth-order valence-corrected chi connectivity index (χ4v) is 3.26. The summed E-state index contributed by atoms with van der Waals surface area (Å²) in [5.41, 5.74) is -0.182. The van der Waals surface area contributed by atoms with E-state index in [9.17, 15) is 17.9 Å². The fourth-order valence-electron chi connectivity index (χ4n) is 1.20. The summed E-state index contributed by atoms with van der Waals surface area (Å²) in [5.74, 6) is -0.960. The van der Waals surface area contributed by atoms with E-state index in [0.29, 0.717) is 0 Å². The van der Waals surface area contributed by atoms with E-state index in [4.69, 9.17) is 0 Å². The van der Waals surface area contributed by atoms with Gasteiger partial charge >= 0.3 is 0 Å². The van der Waals surface area contributed by atoms with Crippen LogP contribution in [-0.2, 0) is 10.0 Å². The zero-order chi connectivity index (χ0) is 12.5. The van der Waals surface area contributed by atoms with Crippen LogP contribution in [0.25, 0.3) is 0 Å². The number of benzene rings is 1. The van der Waals surface area contributed by atoms with E-state index in [1.54, 1.807) is 11.4 Å². The van der Waals surface area contributed by atoms with E-state index in [2.05, 4.69) is 4.72 Å². The first-order chi connectivity index (χ1) is 7.99. The Morgan fingerprint density at radius 3 is 2.71 bits per heavy atom. The summed E-state index contributed by atoms with van der Waals surface area (Å²) >= 11 is 1.03. The average Bonchev–Trinajstić information content (AvgIpc) is 2.77. The summed E-state index contributed by atoms with van der Waals surface area (Å²) < 4.78 is 38.7. The van der Waals surface area contributed by atoms with Crippen LogP contribution in [0.15, 0.2) is 39.9 Å². The average molecular weight is 273 g/mol. The predicted molar refractivity (Wildman–Crippen MR) is 63.2 cm³/mol. The predicted octanol–water partition coefficient (Wildman–Crippen LogP) is 2.39. The van der Waals surface area contributed by atoms with Crippen LogP contribution in [0.2, 0.25) is 0 Å². The summed E-state index contributed by atoms with van der Waals surface area (Å²) in [5, 5.41) is 11.0. The minimum Gasteiger partial charge on any atom is -0.506 e. The van der Waals surface area contributed by atoms with Gasteiger partial charge in [0.2, 0.25) is 0 Å². The minimum atomic E-state index is -3.77. The van der Waals surface area contributed by atoms with Crippen molar-refractivity contribution in [2.75, 3.05) is 4.72 Å². The number of rotatable bonds is 3. The Balaban J connectivity index is 2.36. The molecule has 0 radical (unpaired) electrons. The second-order valence-electron chi connectivity index (χ2n) is 3.20. The molecule has 2 rings (SSSR count). The number of anilines is 1. The van der Waals surface area contributed by atoms with E-state index < -0.39 is 15.8 Å². The summed E-state index contributed by atoms with van der Waals surface area (Å²) in [6.45, 7) is 0. The van der Waals surface area contributed by atoms with Gasteiger partial charge < -0.3 is 5.11 Å². The van der Waals surface area contributed by atoms with Crippen molar-refractivity contribution in [2.24, 2.45) is 0 Å². The zero-order valence-corrected chi connectivity index (χ0v) is 10.1. The van der Waals surface area contributed by atoms with Gasteiger partial charge in [0.1, 0.15) is 15.8 Å². The van der Waals surface area contributed by atoms with Crippen LogP contribution in [0.4, 0.5) is 10.1 Å². The Kier molecular flexibility index (Phi) is 3.03. The second kappa shape index (κ2) is 4.34. The highest BCUT2D eigenvalue weighted by Crippen LogP contribution is 2.27. The van der Waals surface area contributed by atoms with Crippen molar-refractivity contribution in [3.8, 4) is 5.75 Å². The SMILES string of the molecule is O=S(=O)(Nc1cc(F)ccc1O)c1cccs1. The van der Waals surface area contributed by atoms with Crippen LogP contribution < -0.4 is 4.72 Å². The lowest BCUT2D eigenvalue weighted by Gasteiger charge is -2.07. The van der Waals surface area contributed by atoms with Crippen LogP contribution in [0.5, 0.6) is 5.75 Å². The Hall–Kier alpha value is -1.60. The molecule has 4 nitrogen and oxygen atoms in total. The number of nitrogens with one attached hydrogen (secondary N) is 1. The van der Waals surface area contributed by atoms with Gasteiger partial charge in [0.15, 0.2) is 0 Å². The molecule has 1 heterocycles. The smallest absolute Gasteiger partial charge is 0.271 e. The molecule has 0 atom stereocenters. The maximum absolute atomic E-state index is 12.9. The molecule has 0 fully saturated rings. The standard InChI is InChI=1S/C10H8FNO3S2/c11-7-3-4-9(13)8(6-7)12-17(14,15)10-2-1-5-16-10/h1-6,12-13H. The third-order valence-corrected chi connectivity index (χ3v) is 4.73. The molecule has 0 aliphatic heterocycles. The highest BCUT2D eigenvalue weighted by atomic mass is 32.2. The van der Waals surface area contributed by atoms with E-state index in [1.807, 2.05) is 0 Å². The maximum atomic E-state index is 12.9. The Labute approximate surface area is 101 Å². The van der Waals surface area contributed by atoms with Gasteiger partial charge in [-0.05, 0) is 23.6 Å². The minimum absolute atomic E-state index is 0.0983. The maximum Gasteiger partial charge on any atom is 0.271 e. The molecule has 1 aromatic heterocycles. The quantitative estimate of drug-likeness (QED) is 0.844. The monoisotopic (exact) mass is 273 g/mol. The summed E-state index contributed by atoms with van der Waals surface area (Å²) in [6, 6.07) is 6.05. The van der Waals surface area contributed by atoms with Crippen molar-refractivity contribution in [1.82, 2.24) is 0 Å². The van der Waals surface area contributed by atoms with Gasteiger partial charge in [-0.25, -0.2) is 12.8 Å². The number of halogens is 1. The molecule has 0 amide bonds. The summed E-state index contributed by atoms with van der Waals surface area (Å²) in [4.78, 5) is 0. The molecule has 0 aliphatic carbocycles. The van der Waals surface area contributed by atoms with E-state index in [1.165, 1.54) is 6.07 Å². The van der Waals surface area contributed by atoms with Gasteiger partial charge in [0.25, 0.3) is 10.0 Å². The largest absolute Gasteiger partial charge is 0.506 e. The molecule has 2 N–H and O–H groups in total. The molecule has 90 valence electrons.